The molecule has 0 aliphatic rings. The number of hydrogen-bond acceptors (Lipinski definition) is 4. The van der Waals surface area contributed by atoms with Crippen LogP contribution in [0.3, 0.4) is 0 Å². The van der Waals surface area contributed by atoms with Crippen LogP contribution in [-0.4, -0.2) is 50.5 Å². The Morgan fingerprint density at radius 2 is 1.55 bits per heavy atom. The average molecular weight is 556 g/mol. The Labute approximate surface area is 230 Å². The Kier molecular flexibility index (Phi) is 9.94. The SMILES string of the molecule is CCNC(=O)C(Cc1ccccc1)N(Cc1cccc(Cl)c1)C(=O)CN(c1cc(C)cc(C)c1)S(C)(=O)=O. The fourth-order valence-corrected chi connectivity index (χ4v) is 5.43. The Morgan fingerprint density at radius 1 is 0.921 bits per heavy atom. The van der Waals surface area contributed by atoms with Gasteiger partial charge in [-0.2, -0.15) is 0 Å². The van der Waals surface area contributed by atoms with Crippen LogP contribution in [0, 0.1) is 13.8 Å². The summed E-state index contributed by atoms with van der Waals surface area (Å²) in [6.07, 6.45) is 1.34. The molecule has 0 saturated heterocycles. The van der Waals surface area contributed by atoms with Gasteiger partial charge in [-0.1, -0.05) is 60.1 Å². The number of rotatable bonds is 11. The maximum atomic E-state index is 14.0. The molecule has 0 spiro atoms. The number of likely N-dealkylation sites (N-methyl/N-ethyl adjacent to an activating group) is 1. The van der Waals surface area contributed by atoms with Crippen molar-refractivity contribution in [3.63, 3.8) is 0 Å². The van der Waals surface area contributed by atoms with Gasteiger partial charge in [-0.25, -0.2) is 8.42 Å². The molecule has 3 rings (SSSR count). The van der Waals surface area contributed by atoms with Crippen molar-refractivity contribution < 1.29 is 18.0 Å². The van der Waals surface area contributed by atoms with Crippen LogP contribution in [0.4, 0.5) is 5.69 Å². The lowest BCUT2D eigenvalue weighted by Gasteiger charge is -2.33. The monoisotopic (exact) mass is 555 g/mol. The van der Waals surface area contributed by atoms with Crippen LogP contribution in [0.25, 0.3) is 0 Å². The van der Waals surface area contributed by atoms with Gasteiger partial charge in [0.2, 0.25) is 21.8 Å². The van der Waals surface area contributed by atoms with Gasteiger partial charge in [0.1, 0.15) is 12.6 Å². The Hall–Kier alpha value is -3.36. The molecular formula is C29H34ClN3O4S. The van der Waals surface area contributed by atoms with Crippen LogP contribution in [-0.2, 0) is 32.6 Å². The highest BCUT2D eigenvalue weighted by molar-refractivity contribution is 7.92. The zero-order valence-corrected chi connectivity index (χ0v) is 23.7. The maximum Gasteiger partial charge on any atom is 0.244 e. The number of nitrogens with zero attached hydrogens (tertiary/aromatic N) is 2. The molecule has 2 amide bonds. The van der Waals surface area contributed by atoms with E-state index in [4.69, 9.17) is 11.6 Å². The second kappa shape index (κ2) is 12.9. The molecule has 0 aliphatic heterocycles. The van der Waals surface area contributed by atoms with Crippen LogP contribution in [0.5, 0.6) is 0 Å². The van der Waals surface area contributed by atoms with Gasteiger partial charge in [0.05, 0.1) is 11.9 Å². The van der Waals surface area contributed by atoms with E-state index in [-0.39, 0.29) is 18.9 Å². The number of amides is 2. The molecule has 1 atom stereocenters. The van der Waals surface area contributed by atoms with E-state index in [1.54, 1.807) is 30.3 Å². The van der Waals surface area contributed by atoms with E-state index in [0.29, 0.717) is 17.3 Å². The van der Waals surface area contributed by atoms with E-state index in [1.807, 2.05) is 63.2 Å². The highest BCUT2D eigenvalue weighted by Gasteiger charge is 2.33. The smallest absolute Gasteiger partial charge is 0.244 e. The Balaban J connectivity index is 2.06. The predicted octanol–water partition coefficient (Wildman–Crippen LogP) is 4.50. The third kappa shape index (κ3) is 8.07. The van der Waals surface area contributed by atoms with Gasteiger partial charge in [0, 0.05) is 24.5 Å². The van der Waals surface area contributed by atoms with Gasteiger partial charge in [0.25, 0.3) is 0 Å². The van der Waals surface area contributed by atoms with E-state index >= 15 is 0 Å². The fourth-order valence-electron chi connectivity index (χ4n) is 4.39. The predicted molar refractivity (Wildman–Crippen MR) is 153 cm³/mol. The van der Waals surface area contributed by atoms with Gasteiger partial charge >= 0.3 is 0 Å². The van der Waals surface area contributed by atoms with E-state index in [2.05, 4.69) is 5.32 Å². The highest BCUT2D eigenvalue weighted by atomic mass is 35.5. The number of halogens is 1. The van der Waals surface area contributed by atoms with Gasteiger partial charge in [0.15, 0.2) is 0 Å². The summed E-state index contributed by atoms with van der Waals surface area (Å²) in [6, 6.07) is 21.0. The van der Waals surface area contributed by atoms with E-state index in [9.17, 15) is 18.0 Å². The summed E-state index contributed by atoms with van der Waals surface area (Å²) in [5, 5.41) is 3.34. The fraction of sp³-hybridized carbons (Fsp3) is 0.310. The summed E-state index contributed by atoms with van der Waals surface area (Å²) >= 11 is 6.21. The van der Waals surface area contributed by atoms with Crippen molar-refractivity contribution >= 4 is 39.1 Å². The molecule has 3 aromatic rings. The molecule has 1 unspecified atom stereocenters. The first-order valence-corrected chi connectivity index (χ1v) is 14.6. The van der Waals surface area contributed by atoms with E-state index in [0.717, 1.165) is 32.8 Å². The topological polar surface area (TPSA) is 86.8 Å². The zero-order chi connectivity index (χ0) is 27.9. The molecule has 0 bridgehead atoms. The van der Waals surface area contributed by atoms with Crippen LogP contribution >= 0.6 is 11.6 Å². The summed E-state index contributed by atoms with van der Waals surface area (Å²) in [4.78, 5) is 28.8. The molecule has 0 aromatic heterocycles. The number of benzene rings is 3. The summed E-state index contributed by atoms with van der Waals surface area (Å²) < 4.78 is 26.8. The lowest BCUT2D eigenvalue weighted by atomic mass is 10.0. The largest absolute Gasteiger partial charge is 0.355 e. The minimum atomic E-state index is -3.81. The third-order valence-electron chi connectivity index (χ3n) is 6.04. The number of hydrogen-bond donors (Lipinski definition) is 1. The number of aryl methyl sites for hydroxylation is 2. The van der Waals surface area contributed by atoms with Gasteiger partial charge in [-0.3, -0.25) is 13.9 Å². The highest BCUT2D eigenvalue weighted by Crippen LogP contribution is 2.23. The molecule has 0 aliphatic carbocycles. The second-order valence-electron chi connectivity index (χ2n) is 9.37. The van der Waals surface area contributed by atoms with E-state index in [1.165, 1.54) is 4.90 Å². The lowest BCUT2D eigenvalue weighted by Crippen LogP contribution is -2.53. The normalized spacial score (nSPS) is 12.0. The molecule has 1 N–H and O–H groups in total. The molecular weight excluding hydrogens is 522 g/mol. The minimum Gasteiger partial charge on any atom is -0.355 e. The average Bonchev–Trinajstić information content (AvgIpc) is 2.84. The second-order valence-corrected chi connectivity index (χ2v) is 11.7. The minimum absolute atomic E-state index is 0.0818. The van der Waals surface area contributed by atoms with Gasteiger partial charge < -0.3 is 10.2 Å². The number of carbonyl (C=O) groups is 2. The number of anilines is 1. The number of nitrogens with one attached hydrogen (secondary N) is 1. The van der Waals surface area contributed by atoms with Gasteiger partial charge in [-0.05, 0) is 67.3 Å². The third-order valence-corrected chi connectivity index (χ3v) is 7.41. The zero-order valence-electron chi connectivity index (χ0n) is 22.1. The quantitative estimate of drug-likeness (QED) is 0.377. The molecule has 202 valence electrons. The number of carbonyl (C=O) groups excluding carboxylic acids is 2. The van der Waals surface area contributed by atoms with Crippen molar-refractivity contribution in [2.45, 2.75) is 39.8 Å². The molecule has 0 fully saturated rings. The van der Waals surface area contributed by atoms with Crippen LogP contribution in [0.2, 0.25) is 5.02 Å². The van der Waals surface area contributed by atoms with Crippen LogP contribution in [0.15, 0.2) is 72.8 Å². The van der Waals surface area contributed by atoms with Crippen molar-refractivity contribution in [3.05, 3.63) is 100 Å². The molecule has 0 radical (unpaired) electrons. The maximum absolute atomic E-state index is 14.0. The molecule has 38 heavy (non-hydrogen) atoms. The lowest BCUT2D eigenvalue weighted by molar-refractivity contribution is -0.140. The first-order chi connectivity index (χ1) is 18.0. The van der Waals surface area contributed by atoms with Crippen LogP contribution in [0.1, 0.15) is 29.2 Å². The summed E-state index contributed by atoms with van der Waals surface area (Å²) in [6.45, 7) is 5.57. The molecule has 9 heteroatoms. The first-order valence-electron chi connectivity index (χ1n) is 12.4. The molecule has 3 aromatic carbocycles. The van der Waals surface area contributed by atoms with E-state index < -0.39 is 28.5 Å². The van der Waals surface area contributed by atoms with Crippen molar-refractivity contribution in [1.82, 2.24) is 10.2 Å². The molecule has 0 heterocycles. The van der Waals surface area contributed by atoms with Crippen molar-refractivity contribution in [3.8, 4) is 0 Å². The summed E-state index contributed by atoms with van der Waals surface area (Å²) in [5.41, 5.74) is 3.76. The summed E-state index contributed by atoms with van der Waals surface area (Å²) in [7, 11) is -3.81. The Bertz CT molecular complexity index is 1360. The first kappa shape index (κ1) is 29.2. The van der Waals surface area contributed by atoms with Crippen LogP contribution < -0.4 is 9.62 Å². The molecule has 7 nitrogen and oxygen atoms in total. The Morgan fingerprint density at radius 3 is 2.13 bits per heavy atom. The molecule has 0 saturated carbocycles. The van der Waals surface area contributed by atoms with Crippen molar-refractivity contribution in [2.24, 2.45) is 0 Å². The van der Waals surface area contributed by atoms with Crippen molar-refractivity contribution in [1.29, 1.82) is 0 Å². The van der Waals surface area contributed by atoms with Crippen molar-refractivity contribution in [2.75, 3.05) is 23.7 Å². The number of sulfonamides is 1. The standard InChI is InChI=1S/C29H34ClN3O4S/c1-5-31-29(35)27(18-23-10-7-6-8-11-23)32(19-24-12-9-13-25(30)17-24)28(34)20-33(38(4,36)37)26-15-21(2)14-22(3)16-26/h6-17,27H,5,18-20H2,1-4H3,(H,31,35). The van der Waals surface area contributed by atoms with Gasteiger partial charge in [-0.15, -0.1) is 0 Å². The summed E-state index contributed by atoms with van der Waals surface area (Å²) in [5.74, 6) is -0.814.